The Morgan fingerprint density at radius 1 is 1.74 bits per heavy atom. The van der Waals surface area contributed by atoms with E-state index in [-0.39, 0.29) is 23.8 Å². The molecule has 1 aliphatic heterocycles. The van der Waals surface area contributed by atoms with Crippen LogP contribution in [-0.2, 0) is 0 Å². The molecule has 1 amide bonds. The summed E-state index contributed by atoms with van der Waals surface area (Å²) in [5.41, 5.74) is 0.316. The zero-order chi connectivity index (χ0) is 13.8. The topological polar surface area (TPSA) is 92.1 Å². The predicted octanol–water partition coefficient (Wildman–Crippen LogP) is -0.735. The van der Waals surface area contributed by atoms with Crippen LogP contribution >= 0.6 is 11.8 Å². The lowest BCUT2D eigenvalue weighted by Gasteiger charge is -2.26. The molecule has 0 bridgehead atoms. The number of hydrogen-bond acceptors (Lipinski definition) is 6. The monoisotopic (exact) mass is 285 g/mol. The van der Waals surface area contributed by atoms with Gasteiger partial charge >= 0.3 is 0 Å². The summed E-state index contributed by atoms with van der Waals surface area (Å²) in [5, 5.41) is 23.0. The summed E-state index contributed by atoms with van der Waals surface area (Å²) in [4.78, 5) is 12.0. The lowest BCUT2D eigenvalue weighted by Crippen LogP contribution is -2.43. The van der Waals surface area contributed by atoms with E-state index in [9.17, 15) is 9.90 Å². The maximum absolute atomic E-state index is 12.0. The van der Waals surface area contributed by atoms with Crippen molar-refractivity contribution in [2.24, 2.45) is 0 Å². The van der Waals surface area contributed by atoms with Crippen molar-refractivity contribution < 1.29 is 9.90 Å². The number of aromatic nitrogens is 3. The Kier molecular flexibility index (Phi) is 4.78. The lowest BCUT2D eigenvalue weighted by atomic mass is 10.2. The third kappa shape index (κ3) is 3.26. The molecule has 1 fully saturated rings. The number of nitrogens with one attached hydrogen (secondary N) is 2. The van der Waals surface area contributed by atoms with Gasteiger partial charge in [-0.1, -0.05) is 5.21 Å². The SMILES string of the molecule is CSC(CO)C(C)NC(=O)c1cn(C2CNC2)nn1. The zero-order valence-corrected chi connectivity index (χ0v) is 11.9. The second-order valence-electron chi connectivity index (χ2n) is 4.61. The summed E-state index contributed by atoms with van der Waals surface area (Å²) in [7, 11) is 0. The van der Waals surface area contributed by atoms with Gasteiger partial charge in [-0.15, -0.1) is 5.10 Å². The number of aliphatic hydroxyl groups is 1. The van der Waals surface area contributed by atoms with Gasteiger partial charge in [0, 0.05) is 24.4 Å². The van der Waals surface area contributed by atoms with Gasteiger partial charge in [0.2, 0.25) is 0 Å². The maximum Gasteiger partial charge on any atom is 0.273 e. The fourth-order valence-corrected chi connectivity index (χ4v) is 2.46. The van der Waals surface area contributed by atoms with E-state index >= 15 is 0 Å². The second kappa shape index (κ2) is 6.36. The van der Waals surface area contributed by atoms with E-state index in [2.05, 4.69) is 20.9 Å². The van der Waals surface area contributed by atoms with Crippen LogP contribution in [0.15, 0.2) is 6.20 Å². The van der Waals surface area contributed by atoms with Gasteiger partial charge in [0.25, 0.3) is 5.91 Å². The first kappa shape index (κ1) is 14.3. The molecule has 1 aromatic heterocycles. The number of carbonyl (C=O) groups is 1. The smallest absolute Gasteiger partial charge is 0.273 e. The van der Waals surface area contributed by atoms with E-state index in [0.717, 1.165) is 13.1 Å². The van der Waals surface area contributed by atoms with E-state index in [1.54, 1.807) is 10.9 Å². The predicted molar refractivity (Wildman–Crippen MR) is 73.2 cm³/mol. The summed E-state index contributed by atoms with van der Waals surface area (Å²) in [5.74, 6) is -0.251. The largest absolute Gasteiger partial charge is 0.395 e. The normalized spacial score (nSPS) is 18.7. The molecular weight excluding hydrogens is 266 g/mol. The van der Waals surface area contributed by atoms with Gasteiger partial charge in [-0.2, -0.15) is 11.8 Å². The van der Waals surface area contributed by atoms with Crippen molar-refractivity contribution in [2.75, 3.05) is 26.0 Å². The van der Waals surface area contributed by atoms with Crippen LogP contribution in [0.3, 0.4) is 0 Å². The highest BCUT2D eigenvalue weighted by Crippen LogP contribution is 2.12. The molecule has 106 valence electrons. The summed E-state index contributed by atoms with van der Waals surface area (Å²) in [6.07, 6.45) is 3.57. The minimum atomic E-state index is -0.251. The molecule has 19 heavy (non-hydrogen) atoms. The molecule has 3 N–H and O–H groups in total. The Hall–Kier alpha value is -1.12. The molecule has 2 unspecified atom stereocenters. The highest BCUT2D eigenvalue weighted by Gasteiger charge is 2.23. The molecule has 0 aromatic carbocycles. The zero-order valence-electron chi connectivity index (χ0n) is 11.0. The lowest BCUT2D eigenvalue weighted by molar-refractivity contribution is 0.0930. The molecule has 0 radical (unpaired) electrons. The summed E-state index contributed by atoms with van der Waals surface area (Å²) in [6.45, 7) is 3.62. The quantitative estimate of drug-likeness (QED) is 0.638. The molecule has 7 nitrogen and oxygen atoms in total. The van der Waals surface area contributed by atoms with Crippen molar-refractivity contribution in [1.29, 1.82) is 0 Å². The molecule has 2 atom stereocenters. The number of hydrogen-bond donors (Lipinski definition) is 3. The molecule has 1 saturated heterocycles. The van der Waals surface area contributed by atoms with Crippen LogP contribution in [0.25, 0.3) is 0 Å². The number of thioether (sulfide) groups is 1. The Bertz CT molecular complexity index is 430. The van der Waals surface area contributed by atoms with Crippen molar-refractivity contribution in [3.63, 3.8) is 0 Å². The van der Waals surface area contributed by atoms with Crippen molar-refractivity contribution >= 4 is 17.7 Å². The van der Waals surface area contributed by atoms with Gasteiger partial charge in [0.1, 0.15) is 0 Å². The van der Waals surface area contributed by atoms with Crippen molar-refractivity contribution in [1.82, 2.24) is 25.6 Å². The average molecular weight is 285 g/mol. The second-order valence-corrected chi connectivity index (χ2v) is 5.69. The van der Waals surface area contributed by atoms with Crippen LogP contribution in [0, 0.1) is 0 Å². The first-order chi connectivity index (χ1) is 9.15. The van der Waals surface area contributed by atoms with Gasteiger partial charge in [-0.3, -0.25) is 4.79 Å². The molecule has 0 saturated carbocycles. The highest BCUT2D eigenvalue weighted by molar-refractivity contribution is 7.99. The molecule has 2 heterocycles. The van der Waals surface area contributed by atoms with Crippen LogP contribution in [0.1, 0.15) is 23.5 Å². The number of amides is 1. The summed E-state index contributed by atoms with van der Waals surface area (Å²) >= 11 is 1.52. The first-order valence-corrected chi connectivity index (χ1v) is 7.51. The molecule has 1 aliphatic rings. The number of carbonyl (C=O) groups excluding carboxylic acids is 1. The van der Waals surface area contributed by atoms with Crippen molar-refractivity contribution in [3.05, 3.63) is 11.9 Å². The van der Waals surface area contributed by atoms with Gasteiger partial charge < -0.3 is 15.7 Å². The Morgan fingerprint density at radius 2 is 2.47 bits per heavy atom. The van der Waals surface area contributed by atoms with E-state index in [0.29, 0.717) is 11.7 Å². The number of rotatable bonds is 6. The van der Waals surface area contributed by atoms with E-state index in [4.69, 9.17) is 0 Å². The van der Waals surface area contributed by atoms with Gasteiger partial charge in [-0.05, 0) is 13.2 Å². The summed E-state index contributed by atoms with van der Waals surface area (Å²) < 4.78 is 1.72. The fourth-order valence-electron chi connectivity index (χ4n) is 1.83. The van der Waals surface area contributed by atoms with Crippen LogP contribution in [0.2, 0.25) is 0 Å². The van der Waals surface area contributed by atoms with Crippen LogP contribution in [0.5, 0.6) is 0 Å². The molecule has 1 aromatic rings. The summed E-state index contributed by atoms with van der Waals surface area (Å²) in [6, 6.07) is 0.172. The average Bonchev–Trinajstić information content (AvgIpc) is 2.77. The Morgan fingerprint density at radius 3 is 3.00 bits per heavy atom. The maximum atomic E-state index is 12.0. The Labute approximate surface area is 116 Å². The van der Waals surface area contributed by atoms with Gasteiger partial charge in [-0.25, -0.2) is 4.68 Å². The van der Waals surface area contributed by atoms with Crippen LogP contribution in [0.4, 0.5) is 0 Å². The van der Waals surface area contributed by atoms with Crippen LogP contribution in [-0.4, -0.2) is 63.3 Å². The first-order valence-electron chi connectivity index (χ1n) is 6.22. The van der Waals surface area contributed by atoms with Gasteiger partial charge in [0.15, 0.2) is 5.69 Å². The molecule has 0 aliphatic carbocycles. The minimum Gasteiger partial charge on any atom is -0.395 e. The standard InChI is InChI=1S/C11H19N5O2S/c1-7(10(6-17)19-2)13-11(18)9-5-16(15-14-9)8-3-12-4-8/h5,7-8,10,12,17H,3-4,6H2,1-2H3,(H,13,18). The third-order valence-corrected chi connectivity index (χ3v) is 4.44. The number of nitrogens with zero attached hydrogens (tertiary/aromatic N) is 3. The molecular formula is C11H19N5O2S. The highest BCUT2D eigenvalue weighted by atomic mass is 32.2. The van der Waals surface area contributed by atoms with E-state index < -0.39 is 0 Å². The van der Waals surface area contributed by atoms with E-state index in [1.165, 1.54) is 11.8 Å². The molecule has 0 spiro atoms. The molecule has 2 rings (SSSR count). The van der Waals surface area contributed by atoms with Gasteiger partial charge in [0.05, 0.1) is 18.8 Å². The fraction of sp³-hybridized carbons (Fsp3) is 0.727. The van der Waals surface area contributed by atoms with Crippen molar-refractivity contribution in [2.45, 2.75) is 24.3 Å². The molecule has 8 heteroatoms. The minimum absolute atomic E-state index is 0.0187. The Balaban J connectivity index is 1.93. The van der Waals surface area contributed by atoms with Crippen LogP contribution < -0.4 is 10.6 Å². The van der Waals surface area contributed by atoms with E-state index in [1.807, 2.05) is 13.2 Å². The third-order valence-electron chi connectivity index (χ3n) is 3.28. The number of aliphatic hydroxyl groups excluding tert-OH is 1. The van der Waals surface area contributed by atoms with Crippen molar-refractivity contribution in [3.8, 4) is 0 Å².